The maximum Gasteiger partial charge on any atom is 0.264 e. The Kier molecular flexibility index (Phi) is 4.67. The van der Waals surface area contributed by atoms with Crippen LogP contribution in [0.15, 0.2) is 29.2 Å². The van der Waals surface area contributed by atoms with Crippen LogP contribution >= 0.6 is 0 Å². The van der Waals surface area contributed by atoms with Crippen molar-refractivity contribution in [1.29, 1.82) is 0 Å². The van der Waals surface area contributed by atoms with E-state index in [0.29, 0.717) is 0 Å². The van der Waals surface area contributed by atoms with Crippen LogP contribution in [0.5, 0.6) is 0 Å². The highest BCUT2D eigenvalue weighted by atomic mass is 32.2. The molecule has 1 aromatic carbocycles. The fourth-order valence-electron chi connectivity index (χ4n) is 1.22. The first kappa shape index (κ1) is 15.6. The lowest BCUT2D eigenvalue weighted by molar-refractivity contribution is -0.132. The molecule has 1 rings (SSSR count). The molecule has 1 amide bonds. The normalized spacial score (nSPS) is 12.2. The largest absolute Gasteiger partial charge is 0.395 e. The molecule has 0 unspecified atom stereocenters. The third kappa shape index (κ3) is 3.52. The molecular weight excluding hydrogens is 270 g/mol. The second-order valence-corrected chi connectivity index (χ2v) is 6.31. The topological polar surface area (TPSA) is 104 Å². The minimum atomic E-state index is -4.00. The zero-order valence-electron chi connectivity index (χ0n) is 10.8. The molecule has 0 heterocycles. The number of sulfonamides is 1. The van der Waals surface area contributed by atoms with Crippen molar-refractivity contribution in [1.82, 2.24) is 4.72 Å². The van der Waals surface area contributed by atoms with Gasteiger partial charge in [-0.3, -0.25) is 4.79 Å². The molecule has 19 heavy (non-hydrogen) atoms. The summed E-state index contributed by atoms with van der Waals surface area (Å²) in [4.78, 5) is 11.7. The van der Waals surface area contributed by atoms with E-state index in [-0.39, 0.29) is 4.90 Å². The van der Waals surface area contributed by atoms with Gasteiger partial charge in [-0.05, 0) is 26.0 Å². The second-order valence-electron chi connectivity index (χ2n) is 4.62. The average Bonchev–Trinajstić information content (AvgIpc) is 2.37. The van der Waals surface area contributed by atoms with E-state index in [2.05, 4.69) is 0 Å². The van der Waals surface area contributed by atoms with Crippen molar-refractivity contribution in [3.63, 3.8) is 0 Å². The Bertz CT molecular complexity index is 546. The molecule has 0 aliphatic rings. The Morgan fingerprint density at radius 3 is 2.11 bits per heavy atom. The van der Waals surface area contributed by atoms with Gasteiger partial charge >= 0.3 is 0 Å². The molecule has 0 spiro atoms. The molecule has 6 nitrogen and oxygen atoms in total. The Balaban J connectivity index is 2.98. The molecule has 0 saturated carbocycles. The van der Waals surface area contributed by atoms with E-state index >= 15 is 0 Å². The van der Waals surface area contributed by atoms with Crippen LogP contribution in [0.1, 0.15) is 12.5 Å². The summed E-state index contributed by atoms with van der Waals surface area (Å²) in [6.07, 6.45) is 0. The lowest BCUT2D eigenvalue weighted by Crippen LogP contribution is -2.46. The lowest BCUT2D eigenvalue weighted by Gasteiger charge is -2.23. The van der Waals surface area contributed by atoms with E-state index in [9.17, 15) is 13.2 Å². The molecule has 7 heteroatoms. The molecule has 0 bridgehead atoms. The van der Waals surface area contributed by atoms with E-state index < -0.39 is 34.6 Å². The van der Waals surface area contributed by atoms with Crippen LogP contribution in [-0.2, 0) is 14.8 Å². The summed E-state index contributed by atoms with van der Waals surface area (Å²) in [6.45, 7) is 1.77. The molecule has 0 saturated heterocycles. The third-order valence-electron chi connectivity index (χ3n) is 2.80. The third-order valence-corrected chi connectivity index (χ3v) is 4.15. The van der Waals surface area contributed by atoms with Gasteiger partial charge in [-0.25, -0.2) is 13.1 Å². The first-order chi connectivity index (χ1) is 8.75. The number of carbonyl (C=O) groups excluding carboxylic acids is 1. The molecule has 0 aromatic heterocycles. The summed E-state index contributed by atoms with van der Waals surface area (Å²) in [6, 6.07) is 5.97. The van der Waals surface area contributed by atoms with Gasteiger partial charge in [0, 0.05) is 0 Å². The van der Waals surface area contributed by atoms with Crippen molar-refractivity contribution < 1.29 is 23.4 Å². The van der Waals surface area contributed by atoms with Gasteiger partial charge in [0.1, 0.15) is 0 Å². The highest BCUT2D eigenvalue weighted by Gasteiger charge is 2.34. The number of hydrogen-bond acceptors (Lipinski definition) is 5. The minimum Gasteiger partial charge on any atom is -0.395 e. The van der Waals surface area contributed by atoms with Gasteiger partial charge in [-0.15, -0.1) is 0 Å². The number of rotatable bonds is 5. The lowest BCUT2D eigenvalue weighted by atomic mass is 9.92. The second kappa shape index (κ2) is 5.68. The zero-order chi connectivity index (χ0) is 14.7. The monoisotopic (exact) mass is 287 g/mol. The van der Waals surface area contributed by atoms with Crippen molar-refractivity contribution >= 4 is 15.9 Å². The number of aliphatic hydroxyl groups excluding tert-OH is 2. The molecule has 0 radical (unpaired) electrons. The predicted octanol–water partition coefficient (Wildman–Crippen LogP) is -0.209. The Labute approximate surface area is 112 Å². The molecule has 0 aliphatic heterocycles. The molecule has 3 N–H and O–H groups in total. The van der Waals surface area contributed by atoms with Crippen molar-refractivity contribution in [2.45, 2.75) is 18.7 Å². The van der Waals surface area contributed by atoms with E-state index in [1.54, 1.807) is 12.1 Å². The molecule has 0 atom stereocenters. The van der Waals surface area contributed by atoms with Gasteiger partial charge in [0.05, 0.1) is 23.5 Å². The maximum atomic E-state index is 11.9. The van der Waals surface area contributed by atoms with E-state index in [0.717, 1.165) is 5.56 Å². The molecular formula is C12H17NO5S. The standard InChI is InChI=1S/C12H17NO5S/c1-9-3-5-10(6-4-9)19(17,18)13-11(16)12(2,7-14)8-15/h3-6,14-15H,7-8H2,1-2H3,(H,13,16). The summed E-state index contributed by atoms with van der Waals surface area (Å²) in [5.74, 6) is -0.946. The van der Waals surface area contributed by atoms with Crippen LogP contribution in [0.3, 0.4) is 0 Å². The first-order valence-corrected chi connectivity index (χ1v) is 7.09. The van der Waals surface area contributed by atoms with Crippen LogP contribution in [0, 0.1) is 12.3 Å². The SMILES string of the molecule is Cc1ccc(S(=O)(=O)NC(=O)C(C)(CO)CO)cc1. The van der Waals surface area contributed by atoms with Gasteiger partial charge < -0.3 is 10.2 Å². The van der Waals surface area contributed by atoms with E-state index in [1.165, 1.54) is 19.1 Å². The number of aliphatic hydroxyl groups is 2. The van der Waals surface area contributed by atoms with Gasteiger partial charge in [-0.1, -0.05) is 17.7 Å². The summed E-state index contributed by atoms with van der Waals surface area (Å²) >= 11 is 0. The average molecular weight is 287 g/mol. The highest BCUT2D eigenvalue weighted by molar-refractivity contribution is 7.90. The number of nitrogens with one attached hydrogen (secondary N) is 1. The number of amides is 1. The van der Waals surface area contributed by atoms with Crippen LogP contribution in [0.4, 0.5) is 0 Å². The zero-order valence-corrected chi connectivity index (χ0v) is 11.6. The summed E-state index contributed by atoms with van der Waals surface area (Å²) in [5.41, 5.74) is -0.654. The van der Waals surface area contributed by atoms with Crippen molar-refractivity contribution in [3.05, 3.63) is 29.8 Å². The Hall–Kier alpha value is -1.44. The summed E-state index contributed by atoms with van der Waals surface area (Å²) in [7, 11) is -4.00. The molecule has 0 fully saturated rings. The highest BCUT2D eigenvalue weighted by Crippen LogP contribution is 2.17. The van der Waals surface area contributed by atoms with Gasteiger partial charge in [0.25, 0.3) is 10.0 Å². The quantitative estimate of drug-likeness (QED) is 0.695. The van der Waals surface area contributed by atoms with Crippen molar-refractivity contribution in [2.75, 3.05) is 13.2 Å². The Morgan fingerprint density at radius 1 is 1.21 bits per heavy atom. The number of carbonyl (C=O) groups is 1. The summed E-state index contributed by atoms with van der Waals surface area (Å²) < 4.78 is 25.7. The fourth-order valence-corrected chi connectivity index (χ4v) is 2.32. The Morgan fingerprint density at radius 2 is 1.68 bits per heavy atom. The number of hydrogen-bond donors (Lipinski definition) is 3. The van der Waals surface area contributed by atoms with Crippen LogP contribution in [-0.4, -0.2) is 37.8 Å². The van der Waals surface area contributed by atoms with E-state index in [4.69, 9.17) is 10.2 Å². The van der Waals surface area contributed by atoms with Gasteiger partial charge in [-0.2, -0.15) is 0 Å². The van der Waals surface area contributed by atoms with Gasteiger partial charge in [0.15, 0.2) is 0 Å². The number of aryl methyl sites for hydroxylation is 1. The summed E-state index contributed by atoms with van der Waals surface area (Å²) in [5, 5.41) is 18.1. The van der Waals surface area contributed by atoms with Crippen LogP contribution in [0.25, 0.3) is 0 Å². The van der Waals surface area contributed by atoms with E-state index in [1.807, 2.05) is 11.6 Å². The smallest absolute Gasteiger partial charge is 0.264 e. The van der Waals surface area contributed by atoms with Crippen molar-refractivity contribution in [2.24, 2.45) is 5.41 Å². The van der Waals surface area contributed by atoms with Crippen LogP contribution in [0.2, 0.25) is 0 Å². The molecule has 1 aromatic rings. The number of benzene rings is 1. The van der Waals surface area contributed by atoms with Crippen LogP contribution < -0.4 is 4.72 Å². The fraction of sp³-hybridized carbons (Fsp3) is 0.417. The minimum absolute atomic E-state index is 0.0512. The maximum absolute atomic E-state index is 11.9. The van der Waals surface area contributed by atoms with Crippen molar-refractivity contribution in [3.8, 4) is 0 Å². The van der Waals surface area contributed by atoms with Gasteiger partial charge in [0.2, 0.25) is 5.91 Å². The predicted molar refractivity (Wildman–Crippen MR) is 68.8 cm³/mol. The first-order valence-electron chi connectivity index (χ1n) is 5.61. The molecule has 0 aliphatic carbocycles. The molecule has 106 valence electrons.